The highest BCUT2D eigenvalue weighted by Gasteiger charge is 2.32. The summed E-state index contributed by atoms with van der Waals surface area (Å²) in [5, 5.41) is 0. The lowest BCUT2D eigenvalue weighted by molar-refractivity contribution is -0.124. The summed E-state index contributed by atoms with van der Waals surface area (Å²) in [6.07, 6.45) is 0.139. The van der Waals surface area contributed by atoms with Gasteiger partial charge in [-0.1, -0.05) is 30.3 Å². The molecule has 1 heterocycles. The number of likely N-dealkylation sites (N-methyl/N-ethyl adjacent to an activating group) is 1. The van der Waals surface area contributed by atoms with Gasteiger partial charge in [-0.3, -0.25) is 4.79 Å². The van der Waals surface area contributed by atoms with Crippen LogP contribution in [0.3, 0.4) is 0 Å². The molecule has 1 unspecified atom stereocenters. The molecule has 0 radical (unpaired) electrons. The van der Waals surface area contributed by atoms with Crippen molar-refractivity contribution in [3.63, 3.8) is 0 Å². The van der Waals surface area contributed by atoms with Gasteiger partial charge in [0.25, 0.3) is 5.91 Å². The maximum absolute atomic E-state index is 12.7. The van der Waals surface area contributed by atoms with E-state index in [1.54, 1.807) is 11.0 Å². The van der Waals surface area contributed by atoms with Crippen molar-refractivity contribution in [2.45, 2.75) is 19.4 Å². The smallest absolute Gasteiger partial charge is 0.268 e. The monoisotopic (exact) mass is 282 g/mol. The Morgan fingerprint density at radius 2 is 1.95 bits per heavy atom. The molecule has 2 aromatic rings. The molecule has 0 spiro atoms. The first kappa shape index (κ1) is 13.5. The van der Waals surface area contributed by atoms with Crippen LogP contribution in [0.2, 0.25) is 0 Å². The molecule has 4 heteroatoms. The van der Waals surface area contributed by atoms with Gasteiger partial charge in [-0.2, -0.15) is 0 Å². The van der Waals surface area contributed by atoms with Gasteiger partial charge in [0, 0.05) is 13.0 Å². The van der Waals surface area contributed by atoms with E-state index in [4.69, 9.17) is 10.5 Å². The van der Waals surface area contributed by atoms with Gasteiger partial charge >= 0.3 is 0 Å². The molecule has 108 valence electrons. The Morgan fingerprint density at radius 3 is 2.67 bits per heavy atom. The van der Waals surface area contributed by atoms with E-state index < -0.39 is 6.10 Å². The fourth-order valence-corrected chi connectivity index (χ4v) is 2.67. The van der Waals surface area contributed by atoms with Gasteiger partial charge in [0.15, 0.2) is 6.10 Å². The molecular formula is C17H18N2O2. The molecule has 0 aromatic heterocycles. The summed E-state index contributed by atoms with van der Waals surface area (Å²) in [4.78, 5) is 14.4. The van der Waals surface area contributed by atoms with Crippen molar-refractivity contribution < 1.29 is 9.53 Å². The molecule has 3 rings (SSSR count). The number of para-hydroxylation sites is 3. The zero-order valence-corrected chi connectivity index (χ0v) is 12.0. The first-order valence-corrected chi connectivity index (χ1v) is 7.11. The van der Waals surface area contributed by atoms with Gasteiger partial charge in [-0.25, -0.2) is 0 Å². The summed E-state index contributed by atoms with van der Waals surface area (Å²) < 4.78 is 5.78. The highest BCUT2D eigenvalue weighted by atomic mass is 16.5. The van der Waals surface area contributed by atoms with Crippen LogP contribution in [0.4, 0.5) is 11.4 Å². The molecule has 0 bridgehead atoms. The maximum atomic E-state index is 12.7. The van der Waals surface area contributed by atoms with Crippen LogP contribution in [0.5, 0.6) is 5.75 Å². The second-order valence-corrected chi connectivity index (χ2v) is 5.06. The molecule has 1 aliphatic heterocycles. The van der Waals surface area contributed by atoms with Crippen LogP contribution in [-0.2, 0) is 11.2 Å². The predicted octanol–water partition coefficient (Wildman–Crippen LogP) is 2.63. The van der Waals surface area contributed by atoms with Crippen LogP contribution >= 0.6 is 0 Å². The Kier molecular flexibility index (Phi) is 3.52. The van der Waals surface area contributed by atoms with Gasteiger partial charge in [-0.05, 0) is 30.7 Å². The third-order valence-corrected chi connectivity index (χ3v) is 3.73. The number of hydrogen-bond acceptors (Lipinski definition) is 3. The molecule has 0 saturated carbocycles. The Morgan fingerprint density at radius 1 is 1.24 bits per heavy atom. The zero-order chi connectivity index (χ0) is 14.8. The van der Waals surface area contributed by atoms with E-state index in [-0.39, 0.29) is 5.91 Å². The topological polar surface area (TPSA) is 55.6 Å². The highest BCUT2D eigenvalue weighted by molar-refractivity contribution is 5.99. The molecule has 0 saturated heterocycles. The summed E-state index contributed by atoms with van der Waals surface area (Å²) in [5.41, 5.74) is 8.40. The first-order chi connectivity index (χ1) is 10.2. The Hall–Kier alpha value is -2.49. The van der Waals surface area contributed by atoms with Crippen molar-refractivity contribution in [2.75, 3.05) is 17.2 Å². The Bertz CT molecular complexity index is 644. The minimum Gasteiger partial charge on any atom is -0.480 e. The Labute approximate surface area is 124 Å². The molecule has 2 N–H and O–H groups in total. The average Bonchev–Trinajstić information content (AvgIpc) is 2.93. The van der Waals surface area contributed by atoms with E-state index in [0.717, 1.165) is 17.0 Å². The summed E-state index contributed by atoms with van der Waals surface area (Å²) in [5.74, 6) is 0.750. The molecule has 0 aliphatic carbocycles. The predicted molar refractivity (Wildman–Crippen MR) is 83.4 cm³/mol. The number of nitrogens with zero attached hydrogens (tertiary/aromatic N) is 1. The zero-order valence-electron chi connectivity index (χ0n) is 12.0. The molecule has 0 fully saturated rings. The SMILES string of the molecule is CCN(C(=O)C1Cc2ccccc2O1)c1ccccc1N. The lowest BCUT2D eigenvalue weighted by atomic mass is 10.1. The number of nitrogen functional groups attached to an aromatic ring is 1. The van der Waals surface area contributed by atoms with E-state index in [2.05, 4.69) is 0 Å². The summed E-state index contributed by atoms with van der Waals surface area (Å²) in [7, 11) is 0. The third-order valence-electron chi connectivity index (χ3n) is 3.73. The molecule has 1 atom stereocenters. The van der Waals surface area contributed by atoms with Crippen LogP contribution in [0.15, 0.2) is 48.5 Å². The number of hydrogen-bond donors (Lipinski definition) is 1. The number of fused-ring (bicyclic) bond motifs is 1. The van der Waals surface area contributed by atoms with Crippen molar-refractivity contribution in [3.05, 3.63) is 54.1 Å². The van der Waals surface area contributed by atoms with Crippen molar-refractivity contribution in [3.8, 4) is 5.75 Å². The van der Waals surface area contributed by atoms with E-state index in [9.17, 15) is 4.79 Å². The normalized spacial score (nSPS) is 16.1. The maximum Gasteiger partial charge on any atom is 0.268 e. The lowest BCUT2D eigenvalue weighted by Gasteiger charge is -2.25. The van der Waals surface area contributed by atoms with Crippen molar-refractivity contribution >= 4 is 17.3 Å². The number of carbonyl (C=O) groups excluding carboxylic acids is 1. The van der Waals surface area contributed by atoms with Crippen LogP contribution < -0.4 is 15.4 Å². The molecular weight excluding hydrogens is 264 g/mol. The van der Waals surface area contributed by atoms with Gasteiger partial charge in [0.2, 0.25) is 0 Å². The number of benzene rings is 2. The van der Waals surface area contributed by atoms with Crippen LogP contribution in [-0.4, -0.2) is 18.6 Å². The quantitative estimate of drug-likeness (QED) is 0.880. The summed E-state index contributed by atoms with van der Waals surface area (Å²) >= 11 is 0. The largest absolute Gasteiger partial charge is 0.480 e. The summed E-state index contributed by atoms with van der Waals surface area (Å²) in [6, 6.07) is 15.2. The number of carbonyl (C=O) groups is 1. The fraction of sp³-hybridized carbons (Fsp3) is 0.235. The minimum absolute atomic E-state index is 0.0494. The van der Waals surface area contributed by atoms with Gasteiger partial charge < -0.3 is 15.4 Å². The lowest BCUT2D eigenvalue weighted by Crippen LogP contribution is -2.41. The van der Waals surface area contributed by atoms with Crippen LogP contribution in [0.1, 0.15) is 12.5 Å². The second kappa shape index (κ2) is 5.48. The second-order valence-electron chi connectivity index (χ2n) is 5.06. The van der Waals surface area contributed by atoms with E-state index >= 15 is 0 Å². The van der Waals surface area contributed by atoms with Gasteiger partial charge in [0.1, 0.15) is 5.75 Å². The highest BCUT2D eigenvalue weighted by Crippen LogP contribution is 2.31. The minimum atomic E-state index is -0.470. The van der Waals surface area contributed by atoms with Crippen molar-refractivity contribution in [1.82, 2.24) is 0 Å². The molecule has 1 amide bonds. The standard InChI is InChI=1S/C17H18N2O2/c1-2-19(14-9-5-4-8-13(14)18)17(20)16-11-12-7-3-6-10-15(12)21-16/h3-10,16H,2,11,18H2,1H3. The van der Waals surface area contributed by atoms with E-state index in [1.807, 2.05) is 49.4 Å². The van der Waals surface area contributed by atoms with Gasteiger partial charge in [-0.15, -0.1) is 0 Å². The number of nitrogens with two attached hydrogens (primary N) is 1. The van der Waals surface area contributed by atoms with Crippen molar-refractivity contribution in [2.24, 2.45) is 0 Å². The average molecular weight is 282 g/mol. The summed E-state index contributed by atoms with van der Waals surface area (Å²) in [6.45, 7) is 2.50. The number of amides is 1. The van der Waals surface area contributed by atoms with Crippen LogP contribution in [0.25, 0.3) is 0 Å². The van der Waals surface area contributed by atoms with Gasteiger partial charge in [0.05, 0.1) is 11.4 Å². The number of rotatable bonds is 3. The molecule has 4 nitrogen and oxygen atoms in total. The van der Waals surface area contributed by atoms with E-state index in [1.165, 1.54) is 0 Å². The third kappa shape index (κ3) is 2.44. The van der Waals surface area contributed by atoms with Crippen molar-refractivity contribution in [1.29, 1.82) is 0 Å². The Balaban J connectivity index is 1.84. The molecule has 2 aromatic carbocycles. The number of ether oxygens (including phenoxy) is 1. The molecule has 21 heavy (non-hydrogen) atoms. The van der Waals surface area contributed by atoms with E-state index in [0.29, 0.717) is 18.7 Å². The van der Waals surface area contributed by atoms with Crippen LogP contribution in [0, 0.1) is 0 Å². The first-order valence-electron chi connectivity index (χ1n) is 7.11. The molecule has 1 aliphatic rings. The fourth-order valence-electron chi connectivity index (χ4n) is 2.67. The number of anilines is 2.